The van der Waals surface area contributed by atoms with Crippen molar-refractivity contribution in [3.05, 3.63) is 18.0 Å². The van der Waals surface area contributed by atoms with Gasteiger partial charge in [0.15, 0.2) is 11.5 Å². The van der Waals surface area contributed by atoms with Gasteiger partial charge >= 0.3 is 0 Å². The molecule has 0 bridgehead atoms. The Labute approximate surface area is 106 Å². The van der Waals surface area contributed by atoms with Gasteiger partial charge in [0.05, 0.1) is 17.1 Å². The second-order valence-corrected chi connectivity index (χ2v) is 4.49. The number of imidazole rings is 1. The highest BCUT2D eigenvalue weighted by Crippen LogP contribution is 2.35. The molecule has 1 aliphatic heterocycles. The van der Waals surface area contributed by atoms with E-state index in [4.69, 9.17) is 15.2 Å². The van der Waals surface area contributed by atoms with Gasteiger partial charge in [-0.3, -0.25) is 0 Å². The van der Waals surface area contributed by atoms with Crippen molar-refractivity contribution in [2.75, 3.05) is 13.2 Å². The summed E-state index contributed by atoms with van der Waals surface area (Å²) in [6.07, 6.45) is 0. The van der Waals surface area contributed by atoms with Crippen molar-refractivity contribution in [2.45, 2.75) is 26.4 Å². The Morgan fingerprint density at radius 3 is 2.61 bits per heavy atom. The van der Waals surface area contributed by atoms with Crippen molar-refractivity contribution in [2.24, 2.45) is 5.73 Å². The Morgan fingerprint density at radius 1 is 1.33 bits per heavy atom. The van der Waals surface area contributed by atoms with Crippen LogP contribution in [0.1, 0.15) is 25.7 Å². The lowest BCUT2D eigenvalue weighted by Crippen LogP contribution is -2.15. The average molecular weight is 247 g/mol. The minimum Gasteiger partial charge on any atom is -0.486 e. The van der Waals surface area contributed by atoms with E-state index < -0.39 is 0 Å². The maximum atomic E-state index is 5.96. The molecule has 18 heavy (non-hydrogen) atoms. The van der Waals surface area contributed by atoms with Crippen LogP contribution in [0.15, 0.2) is 12.1 Å². The number of ether oxygens (including phenoxy) is 2. The van der Waals surface area contributed by atoms with Crippen LogP contribution in [-0.4, -0.2) is 22.8 Å². The first-order chi connectivity index (χ1) is 8.70. The van der Waals surface area contributed by atoms with E-state index in [1.807, 2.05) is 19.1 Å². The lowest BCUT2D eigenvalue weighted by atomic mass is 10.2. The predicted octanol–water partition coefficient (Wildman–Crippen LogP) is 1.85. The van der Waals surface area contributed by atoms with Crippen LogP contribution in [0, 0.1) is 0 Å². The zero-order chi connectivity index (χ0) is 12.7. The monoisotopic (exact) mass is 247 g/mol. The second-order valence-electron chi connectivity index (χ2n) is 4.49. The van der Waals surface area contributed by atoms with Gasteiger partial charge in [-0.1, -0.05) is 0 Å². The van der Waals surface area contributed by atoms with E-state index in [1.54, 1.807) is 0 Å². The molecule has 0 amide bonds. The molecule has 0 saturated heterocycles. The van der Waals surface area contributed by atoms with Crippen LogP contribution in [0.4, 0.5) is 0 Å². The Balaban J connectivity index is 2.24. The number of hydrogen-bond donors (Lipinski definition) is 1. The molecule has 0 spiro atoms. The second kappa shape index (κ2) is 4.17. The molecule has 2 aromatic rings. The van der Waals surface area contributed by atoms with Gasteiger partial charge < -0.3 is 19.8 Å². The van der Waals surface area contributed by atoms with E-state index in [1.165, 1.54) is 0 Å². The molecular formula is C13H17N3O2. The number of nitrogens with zero attached hydrogens (tertiary/aromatic N) is 2. The minimum atomic E-state index is -0.0868. The summed E-state index contributed by atoms with van der Waals surface area (Å²) in [5.41, 5.74) is 7.92. The van der Waals surface area contributed by atoms with Gasteiger partial charge in [0.2, 0.25) is 0 Å². The molecule has 2 heterocycles. The first-order valence-electron chi connectivity index (χ1n) is 6.26. The molecule has 0 radical (unpaired) electrons. The standard InChI is InChI=1S/C13H17N3O2/c1-3-16-10-7-12-11(17-4-5-18-12)6-9(10)15-13(16)8(2)14/h6-8H,3-5,14H2,1-2H3/t8-/m1/s1. The van der Waals surface area contributed by atoms with Gasteiger partial charge in [-0.2, -0.15) is 0 Å². The van der Waals surface area contributed by atoms with Gasteiger partial charge in [-0.05, 0) is 13.8 Å². The molecule has 5 nitrogen and oxygen atoms in total. The molecule has 1 atom stereocenters. The van der Waals surface area contributed by atoms with Crippen molar-refractivity contribution in [1.82, 2.24) is 9.55 Å². The summed E-state index contributed by atoms with van der Waals surface area (Å²) in [4.78, 5) is 4.59. The van der Waals surface area contributed by atoms with Crippen molar-refractivity contribution in [3.63, 3.8) is 0 Å². The van der Waals surface area contributed by atoms with E-state index in [2.05, 4.69) is 16.5 Å². The number of nitrogens with two attached hydrogens (primary N) is 1. The van der Waals surface area contributed by atoms with E-state index in [0.29, 0.717) is 13.2 Å². The largest absolute Gasteiger partial charge is 0.486 e. The fraction of sp³-hybridized carbons (Fsp3) is 0.462. The van der Waals surface area contributed by atoms with Crippen molar-refractivity contribution in [3.8, 4) is 11.5 Å². The summed E-state index contributed by atoms with van der Waals surface area (Å²) in [5, 5.41) is 0. The Morgan fingerprint density at radius 2 is 2.00 bits per heavy atom. The predicted molar refractivity (Wildman–Crippen MR) is 69.0 cm³/mol. The van der Waals surface area contributed by atoms with Crippen LogP contribution in [0.3, 0.4) is 0 Å². The smallest absolute Gasteiger partial charge is 0.163 e. The fourth-order valence-electron chi connectivity index (χ4n) is 2.36. The van der Waals surface area contributed by atoms with Crippen LogP contribution < -0.4 is 15.2 Å². The lowest BCUT2D eigenvalue weighted by Gasteiger charge is -2.18. The number of benzene rings is 1. The van der Waals surface area contributed by atoms with Crippen LogP contribution in [0.25, 0.3) is 11.0 Å². The molecule has 0 fully saturated rings. The maximum absolute atomic E-state index is 5.96. The normalized spacial score (nSPS) is 15.9. The zero-order valence-electron chi connectivity index (χ0n) is 10.6. The van der Waals surface area contributed by atoms with Crippen LogP contribution in [0.5, 0.6) is 11.5 Å². The van der Waals surface area contributed by atoms with E-state index >= 15 is 0 Å². The molecule has 1 aliphatic rings. The van der Waals surface area contributed by atoms with Crippen molar-refractivity contribution in [1.29, 1.82) is 0 Å². The van der Waals surface area contributed by atoms with Gasteiger partial charge in [-0.25, -0.2) is 4.98 Å². The Hall–Kier alpha value is -1.75. The van der Waals surface area contributed by atoms with E-state index in [-0.39, 0.29) is 6.04 Å². The summed E-state index contributed by atoms with van der Waals surface area (Å²) < 4.78 is 13.3. The van der Waals surface area contributed by atoms with Crippen LogP contribution >= 0.6 is 0 Å². The third-order valence-electron chi connectivity index (χ3n) is 3.17. The number of fused-ring (bicyclic) bond motifs is 2. The van der Waals surface area contributed by atoms with Gasteiger partial charge in [0.1, 0.15) is 19.0 Å². The fourth-order valence-corrected chi connectivity index (χ4v) is 2.36. The molecule has 0 aliphatic carbocycles. The highest BCUT2D eigenvalue weighted by atomic mass is 16.6. The van der Waals surface area contributed by atoms with Crippen molar-refractivity contribution >= 4 is 11.0 Å². The Bertz CT molecular complexity index is 589. The third-order valence-corrected chi connectivity index (χ3v) is 3.17. The number of hydrogen-bond acceptors (Lipinski definition) is 4. The lowest BCUT2D eigenvalue weighted by molar-refractivity contribution is 0.172. The molecular weight excluding hydrogens is 230 g/mol. The highest BCUT2D eigenvalue weighted by Gasteiger charge is 2.18. The zero-order valence-corrected chi connectivity index (χ0v) is 10.6. The highest BCUT2D eigenvalue weighted by molar-refractivity contribution is 5.81. The molecule has 1 aromatic carbocycles. The first-order valence-corrected chi connectivity index (χ1v) is 6.26. The Kier molecular flexibility index (Phi) is 2.63. The minimum absolute atomic E-state index is 0.0868. The maximum Gasteiger partial charge on any atom is 0.163 e. The topological polar surface area (TPSA) is 62.3 Å². The number of aryl methyl sites for hydroxylation is 1. The molecule has 0 unspecified atom stereocenters. The molecule has 3 rings (SSSR count). The van der Waals surface area contributed by atoms with Crippen molar-refractivity contribution < 1.29 is 9.47 Å². The summed E-state index contributed by atoms with van der Waals surface area (Å²) in [6, 6.07) is 3.84. The SMILES string of the molecule is CCn1c([C@@H](C)N)nc2cc3c(cc21)OCCO3. The van der Waals surface area contributed by atoms with Gasteiger partial charge in [0, 0.05) is 18.7 Å². The summed E-state index contributed by atoms with van der Waals surface area (Å²) in [6.45, 7) is 6.06. The third kappa shape index (κ3) is 1.62. The molecule has 5 heteroatoms. The van der Waals surface area contributed by atoms with E-state index in [9.17, 15) is 0 Å². The van der Waals surface area contributed by atoms with Crippen LogP contribution in [-0.2, 0) is 6.54 Å². The number of aromatic nitrogens is 2. The number of rotatable bonds is 2. The molecule has 2 N–H and O–H groups in total. The van der Waals surface area contributed by atoms with Crippen LogP contribution in [0.2, 0.25) is 0 Å². The van der Waals surface area contributed by atoms with Gasteiger partial charge in [0.25, 0.3) is 0 Å². The quantitative estimate of drug-likeness (QED) is 0.879. The summed E-state index contributed by atoms with van der Waals surface area (Å²) in [5.74, 6) is 2.46. The average Bonchev–Trinajstić information content (AvgIpc) is 2.73. The molecule has 1 aromatic heterocycles. The van der Waals surface area contributed by atoms with Gasteiger partial charge in [-0.15, -0.1) is 0 Å². The molecule has 96 valence electrons. The van der Waals surface area contributed by atoms with E-state index in [0.717, 1.165) is 34.9 Å². The summed E-state index contributed by atoms with van der Waals surface area (Å²) in [7, 11) is 0. The molecule has 0 saturated carbocycles. The summed E-state index contributed by atoms with van der Waals surface area (Å²) >= 11 is 0. The first kappa shape index (κ1) is 11.3.